The Bertz CT molecular complexity index is 360. The van der Waals surface area contributed by atoms with Crippen LogP contribution in [0.2, 0.25) is 0 Å². The molecule has 2 heterocycles. The third kappa shape index (κ3) is 3.73. The van der Waals surface area contributed by atoms with Gasteiger partial charge in [-0.15, -0.1) is 0 Å². The van der Waals surface area contributed by atoms with Gasteiger partial charge in [0, 0.05) is 32.1 Å². The first-order valence-electron chi connectivity index (χ1n) is 6.37. The van der Waals surface area contributed by atoms with Crippen LogP contribution in [0.25, 0.3) is 0 Å². The number of amides is 2. The summed E-state index contributed by atoms with van der Waals surface area (Å²) in [5, 5.41) is 5.72. The summed E-state index contributed by atoms with van der Waals surface area (Å²) in [5.41, 5.74) is 0. The molecule has 1 aromatic rings. The van der Waals surface area contributed by atoms with Crippen LogP contribution in [0, 0.1) is 0 Å². The van der Waals surface area contributed by atoms with Crippen molar-refractivity contribution in [3.05, 3.63) is 18.7 Å². The van der Waals surface area contributed by atoms with Gasteiger partial charge in [0.25, 0.3) is 0 Å². The predicted molar refractivity (Wildman–Crippen MR) is 67.2 cm³/mol. The van der Waals surface area contributed by atoms with Crippen LogP contribution in [0.4, 0.5) is 4.79 Å². The largest absolute Gasteiger partial charge is 0.376 e. The van der Waals surface area contributed by atoms with E-state index in [1.54, 1.807) is 12.5 Å². The molecule has 1 saturated heterocycles. The Morgan fingerprint density at radius 3 is 3.22 bits per heavy atom. The van der Waals surface area contributed by atoms with E-state index in [-0.39, 0.29) is 18.2 Å². The molecule has 0 unspecified atom stereocenters. The molecule has 0 radical (unpaired) electrons. The summed E-state index contributed by atoms with van der Waals surface area (Å²) in [5.74, 6) is 0. The molecule has 2 N–H and O–H groups in total. The number of carbonyl (C=O) groups excluding carboxylic acids is 1. The Kier molecular flexibility index (Phi) is 4.58. The van der Waals surface area contributed by atoms with Crippen molar-refractivity contribution in [3.63, 3.8) is 0 Å². The van der Waals surface area contributed by atoms with E-state index >= 15 is 0 Å². The second-order valence-electron chi connectivity index (χ2n) is 4.54. The zero-order chi connectivity index (χ0) is 12.8. The smallest absolute Gasteiger partial charge is 0.315 e. The number of hydrogen-bond donors (Lipinski definition) is 2. The van der Waals surface area contributed by atoms with Gasteiger partial charge in [-0.05, 0) is 19.8 Å². The summed E-state index contributed by atoms with van der Waals surface area (Å²) < 4.78 is 7.44. The fourth-order valence-corrected chi connectivity index (χ4v) is 2.07. The average molecular weight is 252 g/mol. The Balaban J connectivity index is 1.62. The minimum Gasteiger partial charge on any atom is -0.376 e. The van der Waals surface area contributed by atoms with Gasteiger partial charge in [-0.3, -0.25) is 0 Å². The second kappa shape index (κ2) is 6.39. The summed E-state index contributed by atoms with van der Waals surface area (Å²) >= 11 is 0. The van der Waals surface area contributed by atoms with E-state index in [2.05, 4.69) is 15.6 Å². The minimum absolute atomic E-state index is 0.0562. The standard InChI is InChI=1S/C12H20N4O2/c1-10(11-3-2-8-18-11)15-12(17)14-5-7-16-6-4-13-9-16/h4,6,9-11H,2-3,5,7-8H2,1H3,(H2,14,15,17)/t10-,11+/m1/s1. The maximum Gasteiger partial charge on any atom is 0.315 e. The van der Waals surface area contributed by atoms with Gasteiger partial charge in [-0.1, -0.05) is 0 Å². The Morgan fingerprint density at radius 1 is 1.67 bits per heavy atom. The summed E-state index contributed by atoms with van der Waals surface area (Å²) in [6.07, 6.45) is 7.59. The lowest BCUT2D eigenvalue weighted by molar-refractivity contribution is 0.0860. The van der Waals surface area contributed by atoms with Crippen molar-refractivity contribution in [3.8, 4) is 0 Å². The van der Waals surface area contributed by atoms with E-state index < -0.39 is 0 Å². The molecule has 0 saturated carbocycles. The lowest BCUT2D eigenvalue weighted by Gasteiger charge is -2.20. The molecule has 6 nitrogen and oxygen atoms in total. The van der Waals surface area contributed by atoms with Crippen molar-refractivity contribution in [2.75, 3.05) is 13.2 Å². The summed E-state index contributed by atoms with van der Waals surface area (Å²) in [6, 6.07) is -0.0844. The number of hydrogen-bond acceptors (Lipinski definition) is 3. The SMILES string of the molecule is C[C@@H](NC(=O)NCCn1ccnc1)[C@@H]1CCCO1. The maximum absolute atomic E-state index is 11.6. The molecule has 0 bridgehead atoms. The van der Waals surface area contributed by atoms with E-state index in [1.807, 2.05) is 17.7 Å². The second-order valence-corrected chi connectivity index (χ2v) is 4.54. The van der Waals surface area contributed by atoms with Crippen molar-refractivity contribution in [2.45, 2.75) is 38.5 Å². The number of rotatable bonds is 5. The molecular formula is C12H20N4O2. The van der Waals surface area contributed by atoms with Crippen molar-refractivity contribution in [2.24, 2.45) is 0 Å². The van der Waals surface area contributed by atoms with Crippen LogP contribution in [0.15, 0.2) is 18.7 Å². The number of ether oxygens (including phenoxy) is 1. The molecule has 1 aliphatic heterocycles. The summed E-state index contributed by atoms with van der Waals surface area (Å²) in [7, 11) is 0. The molecule has 6 heteroatoms. The fourth-order valence-electron chi connectivity index (χ4n) is 2.07. The molecule has 1 aromatic heterocycles. The number of urea groups is 1. The first-order valence-corrected chi connectivity index (χ1v) is 6.37. The molecule has 0 aromatic carbocycles. The first-order chi connectivity index (χ1) is 8.75. The van der Waals surface area contributed by atoms with Gasteiger partial charge in [0.15, 0.2) is 0 Å². The molecule has 2 rings (SSSR count). The molecule has 0 aliphatic carbocycles. The van der Waals surface area contributed by atoms with Gasteiger partial charge in [0.1, 0.15) is 0 Å². The third-order valence-electron chi connectivity index (χ3n) is 3.10. The molecule has 18 heavy (non-hydrogen) atoms. The molecule has 1 aliphatic rings. The quantitative estimate of drug-likeness (QED) is 0.812. The van der Waals surface area contributed by atoms with Crippen molar-refractivity contribution in [1.29, 1.82) is 0 Å². The van der Waals surface area contributed by atoms with Gasteiger partial charge >= 0.3 is 6.03 Å². The highest BCUT2D eigenvalue weighted by Crippen LogP contribution is 2.15. The van der Waals surface area contributed by atoms with Gasteiger partial charge in [0.2, 0.25) is 0 Å². The highest BCUT2D eigenvalue weighted by atomic mass is 16.5. The van der Waals surface area contributed by atoms with Crippen LogP contribution in [0.1, 0.15) is 19.8 Å². The van der Waals surface area contributed by atoms with Crippen LogP contribution in [0.5, 0.6) is 0 Å². The van der Waals surface area contributed by atoms with Gasteiger partial charge in [-0.2, -0.15) is 0 Å². The number of nitrogens with zero attached hydrogens (tertiary/aromatic N) is 2. The van der Waals surface area contributed by atoms with Crippen molar-refractivity contribution >= 4 is 6.03 Å². The summed E-state index contributed by atoms with van der Waals surface area (Å²) in [4.78, 5) is 15.6. The fraction of sp³-hybridized carbons (Fsp3) is 0.667. The van der Waals surface area contributed by atoms with Crippen LogP contribution < -0.4 is 10.6 Å². The highest BCUT2D eigenvalue weighted by Gasteiger charge is 2.23. The van der Waals surface area contributed by atoms with Gasteiger partial charge in [-0.25, -0.2) is 9.78 Å². The number of nitrogens with one attached hydrogen (secondary N) is 2. The van der Waals surface area contributed by atoms with E-state index in [0.717, 1.165) is 26.0 Å². The van der Waals surface area contributed by atoms with Crippen LogP contribution >= 0.6 is 0 Å². The Morgan fingerprint density at radius 2 is 2.56 bits per heavy atom. The van der Waals surface area contributed by atoms with Crippen molar-refractivity contribution in [1.82, 2.24) is 20.2 Å². The zero-order valence-corrected chi connectivity index (χ0v) is 10.6. The van der Waals surface area contributed by atoms with Gasteiger partial charge < -0.3 is 19.9 Å². The van der Waals surface area contributed by atoms with Crippen molar-refractivity contribution < 1.29 is 9.53 Å². The molecule has 2 amide bonds. The monoisotopic (exact) mass is 252 g/mol. The van der Waals surface area contributed by atoms with E-state index in [9.17, 15) is 4.79 Å². The van der Waals surface area contributed by atoms with Crippen LogP contribution in [-0.4, -0.2) is 40.9 Å². The molecule has 100 valence electrons. The number of carbonyl (C=O) groups is 1. The lowest BCUT2D eigenvalue weighted by Crippen LogP contribution is -2.46. The number of aromatic nitrogens is 2. The normalized spacial score (nSPS) is 20.6. The zero-order valence-electron chi connectivity index (χ0n) is 10.6. The van der Waals surface area contributed by atoms with E-state index in [0.29, 0.717) is 6.54 Å². The minimum atomic E-state index is -0.141. The molecule has 2 atom stereocenters. The molecule has 1 fully saturated rings. The Hall–Kier alpha value is -1.56. The third-order valence-corrected chi connectivity index (χ3v) is 3.10. The molecule has 0 spiro atoms. The average Bonchev–Trinajstić information content (AvgIpc) is 3.02. The molecular weight excluding hydrogens is 232 g/mol. The van der Waals surface area contributed by atoms with E-state index in [4.69, 9.17) is 4.74 Å². The first kappa shape index (κ1) is 12.9. The van der Waals surface area contributed by atoms with Crippen LogP contribution in [0.3, 0.4) is 0 Å². The van der Waals surface area contributed by atoms with E-state index in [1.165, 1.54) is 0 Å². The van der Waals surface area contributed by atoms with Crippen LogP contribution in [-0.2, 0) is 11.3 Å². The van der Waals surface area contributed by atoms with Gasteiger partial charge in [0.05, 0.1) is 18.5 Å². The predicted octanol–water partition coefficient (Wildman–Crippen LogP) is 0.750. The lowest BCUT2D eigenvalue weighted by atomic mass is 10.1. The topological polar surface area (TPSA) is 68.2 Å². The summed E-state index contributed by atoms with van der Waals surface area (Å²) in [6.45, 7) is 4.09. The maximum atomic E-state index is 11.6. The number of imidazole rings is 1. The Labute approximate surface area is 107 Å². The highest BCUT2D eigenvalue weighted by molar-refractivity contribution is 5.74.